The van der Waals surface area contributed by atoms with Crippen molar-refractivity contribution in [3.63, 3.8) is 0 Å². The maximum absolute atomic E-state index is 12.0. The molecule has 1 aromatic rings. The van der Waals surface area contributed by atoms with Crippen molar-refractivity contribution >= 4 is 34.8 Å². The molecule has 4 nitrogen and oxygen atoms in total. The Kier molecular flexibility index (Phi) is 6.92. The van der Waals surface area contributed by atoms with Gasteiger partial charge in [-0.25, -0.2) is 4.98 Å². The van der Waals surface area contributed by atoms with Crippen molar-refractivity contribution in [2.24, 2.45) is 11.8 Å². The van der Waals surface area contributed by atoms with Crippen molar-refractivity contribution in [2.45, 2.75) is 40.0 Å². The predicted octanol–water partition coefficient (Wildman–Crippen LogP) is 3.15. The summed E-state index contributed by atoms with van der Waals surface area (Å²) in [5, 5.41) is 7.06. The fourth-order valence-electron chi connectivity index (χ4n) is 2.52. The van der Waals surface area contributed by atoms with Crippen LogP contribution in [0.5, 0.6) is 0 Å². The van der Waals surface area contributed by atoms with Crippen LogP contribution in [0.2, 0.25) is 0 Å². The number of aromatic nitrogens is 1. The van der Waals surface area contributed by atoms with E-state index in [1.54, 1.807) is 11.3 Å². The summed E-state index contributed by atoms with van der Waals surface area (Å²) >= 11 is 1.55. The van der Waals surface area contributed by atoms with Gasteiger partial charge in [-0.3, -0.25) is 4.79 Å². The topological polar surface area (TPSA) is 54.0 Å². The number of rotatable bonds is 4. The molecule has 0 spiro atoms. The minimum atomic E-state index is 0. The predicted molar refractivity (Wildman–Crippen MR) is 86.8 cm³/mol. The highest BCUT2D eigenvalue weighted by Gasteiger charge is 2.22. The van der Waals surface area contributed by atoms with Crippen molar-refractivity contribution < 1.29 is 4.79 Å². The number of carbonyl (C=O) groups excluding carboxylic acids is 1. The first-order valence-corrected chi connectivity index (χ1v) is 7.82. The molecule has 2 rings (SSSR count). The van der Waals surface area contributed by atoms with Gasteiger partial charge in [0.05, 0.1) is 5.69 Å². The van der Waals surface area contributed by atoms with E-state index in [0.717, 1.165) is 23.9 Å². The minimum absolute atomic E-state index is 0. The molecular weight excluding hydrogens is 294 g/mol. The molecule has 0 bridgehead atoms. The molecule has 1 fully saturated rings. The number of aryl methyl sites for hydroxylation is 2. The van der Waals surface area contributed by atoms with Crippen LogP contribution in [0.1, 0.15) is 36.8 Å². The van der Waals surface area contributed by atoms with E-state index in [1.807, 2.05) is 13.8 Å². The van der Waals surface area contributed by atoms with Gasteiger partial charge in [0.25, 0.3) is 0 Å². The largest absolute Gasteiger partial charge is 0.316 e. The first-order chi connectivity index (χ1) is 9.06. The third-order valence-electron chi connectivity index (χ3n) is 3.92. The quantitative estimate of drug-likeness (QED) is 0.897. The number of nitrogens with zero attached hydrogens (tertiary/aromatic N) is 1. The number of hydrogen-bond donors (Lipinski definition) is 2. The maximum atomic E-state index is 12.0. The number of nitrogens with one attached hydrogen (secondary N) is 2. The van der Waals surface area contributed by atoms with Gasteiger partial charge in [-0.05, 0) is 51.6 Å². The van der Waals surface area contributed by atoms with Crippen LogP contribution in [-0.2, 0) is 4.79 Å². The molecule has 1 aliphatic rings. The molecule has 114 valence electrons. The van der Waals surface area contributed by atoms with Crippen molar-refractivity contribution in [3.8, 4) is 0 Å². The summed E-state index contributed by atoms with van der Waals surface area (Å²) in [6.45, 7) is 8.34. The SMILES string of the molecule is Cc1nc(NC(=O)CC(C)C2CCCNC2)sc1C.Cl. The van der Waals surface area contributed by atoms with Crippen LogP contribution >= 0.6 is 23.7 Å². The Bertz CT molecular complexity index is 424. The molecule has 6 heteroatoms. The van der Waals surface area contributed by atoms with Gasteiger partial charge in [0.15, 0.2) is 5.13 Å². The highest BCUT2D eigenvalue weighted by atomic mass is 35.5. The second kappa shape index (κ2) is 7.96. The van der Waals surface area contributed by atoms with Gasteiger partial charge in [-0.1, -0.05) is 6.92 Å². The average Bonchev–Trinajstić information content (AvgIpc) is 2.69. The number of halogens is 1. The van der Waals surface area contributed by atoms with E-state index in [4.69, 9.17) is 0 Å². The van der Waals surface area contributed by atoms with Crippen LogP contribution in [0.3, 0.4) is 0 Å². The molecule has 0 aromatic carbocycles. The number of carbonyl (C=O) groups is 1. The number of piperidine rings is 1. The van der Waals surface area contributed by atoms with Gasteiger partial charge in [0.1, 0.15) is 0 Å². The van der Waals surface area contributed by atoms with Crippen molar-refractivity contribution in [1.29, 1.82) is 0 Å². The van der Waals surface area contributed by atoms with Crippen LogP contribution in [0.25, 0.3) is 0 Å². The fraction of sp³-hybridized carbons (Fsp3) is 0.714. The molecule has 2 N–H and O–H groups in total. The lowest BCUT2D eigenvalue weighted by molar-refractivity contribution is -0.117. The summed E-state index contributed by atoms with van der Waals surface area (Å²) in [4.78, 5) is 17.5. The molecule has 1 amide bonds. The first kappa shape index (κ1) is 17.4. The summed E-state index contributed by atoms with van der Waals surface area (Å²) in [7, 11) is 0. The van der Waals surface area contributed by atoms with Gasteiger partial charge in [0.2, 0.25) is 5.91 Å². The molecule has 1 aliphatic heterocycles. The van der Waals surface area contributed by atoms with Gasteiger partial charge >= 0.3 is 0 Å². The van der Waals surface area contributed by atoms with E-state index in [1.165, 1.54) is 17.7 Å². The van der Waals surface area contributed by atoms with E-state index in [-0.39, 0.29) is 18.3 Å². The average molecular weight is 318 g/mol. The summed E-state index contributed by atoms with van der Waals surface area (Å²) < 4.78 is 0. The van der Waals surface area contributed by atoms with E-state index in [2.05, 4.69) is 22.5 Å². The zero-order valence-electron chi connectivity index (χ0n) is 12.4. The summed E-state index contributed by atoms with van der Waals surface area (Å²) in [6, 6.07) is 0. The zero-order chi connectivity index (χ0) is 13.8. The van der Waals surface area contributed by atoms with E-state index >= 15 is 0 Å². The monoisotopic (exact) mass is 317 g/mol. The fourth-order valence-corrected chi connectivity index (χ4v) is 3.35. The van der Waals surface area contributed by atoms with Crippen molar-refractivity contribution in [2.75, 3.05) is 18.4 Å². The molecule has 2 unspecified atom stereocenters. The molecular formula is C14H24ClN3OS. The zero-order valence-corrected chi connectivity index (χ0v) is 14.0. The van der Waals surface area contributed by atoms with Gasteiger partial charge < -0.3 is 10.6 Å². The highest BCUT2D eigenvalue weighted by Crippen LogP contribution is 2.24. The number of hydrogen-bond acceptors (Lipinski definition) is 4. The Morgan fingerprint density at radius 1 is 1.55 bits per heavy atom. The standard InChI is InChI=1S/C14H23N3OS.ClH/c1-9(12-5-4-6-15-8-12)7-13(18)17-14-16-10(2)11(3)19-14;/h9,12,15H,4-8H2,1-3H3,(H,16,17,18);1H. The second-order valence-corrected chi connectivity index (χ2v) is 6.70. The third-order valence-corrected chi connectivity index (χ3v) is 4.91. The molecule has 0 aliphatic carbocycles. The molecule has 1 saturated heterocycles. The maximum Gasteiger partial charge on any atom is 0.226 e. The van der Waals surface area contributed by atoms with Crippen LogP contribution in [0.15, 0.2) is 0 Å². The molecule has 1 aromatic heterocycles. The van der Waals surface area contributed by atoms with Crippen LogP contribution in [0, 0.1) is 25.7 Å². The third kappa shape index (κ3) is 4.72. The molecule has 2 atom stereocenters. The molecule has 0 radical (unpaired) electrons. The smallest absolute Gasteiger partial charge is 0.226 e. The lowest BCUT2D eigenvalue weighted by Gasteiger charge is -2.27. The Labute approximate surface area is 131 Å². The Hall–Kier alpha value is -0.650. The van der Waals surface area contributed by atoms with E-state index in [0.29, 0.717) is 18.3 Å². The molecule has 2 heterocycles. The van der Waals surface area contributed by atoms with Crippen LogP contribution < -0.4 is 10.6 Å². The normalized spacial score (nSPS) is 20.1. The number of anilines is 1. The Balaban J connectivity index is 0.00000200. The van der Waals surface area contributed by atoms with E-state index in [9.17, 15) is 4.79 Å². The Morgan fingerprint density at radius 3 is 2.85 bits per heavy atom. The van der Waals surface area contributed by atoms with Gasteiger partial charge in [-0.2, -0.15) is 0 Å². The number of thiazole rings is 1. The summed E-state index contributed by atoms with van der Waals surface area (Å²) in [5.41, 5.74) is 1.00. The minimum Gasteiger partial charge on any atom is -0.316 e. The lowest BCUT2D eigenvalue weighted by atomic mass is 9.85. The van der Waals surface area contributed by atoms with Gasteiger partial charge in [0, 0.05) is 11.3 Å². The second-order valence-electron chi connectivity index (χ2n) is 5.50. The summed E-state index contributed by atoms with van der Waals surface area (Å²) in [5.74, 6) is 1.14. The van der Waals surface area contributed by atoms with E-state index < -0.39 is 0 Å². The van der Waals surface area contributed by atoms with Crippen LogP contribution in [-0.4, -0.2) is 24.0 Å². The van der Waals surface area contributed by atoms with Crippen LogP contribution in [0.4, 0.5) is 5.13 Å². The lowest BCUT2D eigenvalue weighted by Crippen LogP contribution is -2.34. The number of amides is 1. The van der Waals surface area contributed by atoms with Crippen molar-refractivity contribution in [1.82, 2.24) is 10.3 Å². The van der Waals surface area contributed by atoms with Crippen molar-refractivity contribution in [3.05, 3.63) is 10.6 Å². The Morgan fingerprint density at radius 2 is 2.30 bits per heavy atom. The first-order valence-electron chi connectivity index (χ1n) is 7.01. The molecule has 20 heavy (non-hydrogen) atoms. The van der Waals surface area contributed by atoms with Gasteiger partial charge in [-0.15, -0.1) is 23.7 Å². The highest BCUT2D eigenvalue weighted by molar-refractivity contribution is 7.15. The molecule has 0 saturated carbocycles. The summed E-state index contributed by atoms with van der Waals surface area (Å²) in [6.07, 6.45) is 3.04.